The van der Waals surface area contributed by atoms with Crippen molar-refractivity contribution < 1.29 is 4.43 Å². The smallest absolute Gasteiger partial charge is 0.484 e. The Kier molecular flexibility index (Phi) is 5.67. The molecule has 0 N–H and O–H groups in total. The molecule has 0 aliphatic rings. The second-order valence-electron chi connectivity index (χ2n) is 6.91. The van der Waals surface area contributed by atoms with Gasteiger partial charge in [-0.3, -0.25) is 0 Å². The predicted octanol–water partition coefficient (Wildman–Crippen LogP) is 4.65. The molecule has 5 heteroatoms. The van der Waals surface area contributed by atoms with Crippen molar-refractivity contribution in [1.82, 2.24) is 0 Å². The minimum Gasteiger partial charge on any atom is -0.515 e. The van der Waals surface area contributed by atoms with Gasteiger partial charge in [0, 0.05) is 5.19 Å². The van der Waals surface area contributed by atoms with E-state index >= 15 is 0 Å². The number of hydrogen-bond acceptors (Lipinski definition) is 1. The Balaban J connectivity index is 2.48. The molecule has 0 heterocycles. The van der Waals surface area contributed by atoms with Crippen LogP contribution in [-0.4, -0.2) is 15.7 Å². The van der Waals surface area contributed by atoms with Crippen molar-refractivity contribution in [2.75, 3.05) is 0 Å². The van der Waals surface area contributed by atoms with Crippen molar-refractivity contribution in [2.24, 2.45) is 0 Å². The van der Waals surface area contributed by atoms with Gasteiger partial charge in [-0.05, 0) is 22.2 Å². The van der Waals surface area contributed by atoms with E-state index in [4.69, 9.17) is 26.6 Å². The van der Waals surface area contributed by atoms with E-state index in [0.717, 1.165) is 10.9 Å². The molecule has 1 nitrogen and oxygen atoms in total. The van der Waals surface area contributed by atoms with Crippen LogP contribution in [0.1, 0.15) is 26.3 Å². The molecule has 0 saturated heterocycles. The first kappa shape index (κ1) is 18.6. The Morgan fingerprint density at radius 2 is 1.52 bits per heavy atom. The highest BCUT2D eigenvalue weighted by molar-refractivity contribution is 7.48. The molecule has 123 valence electrons. The molecular weight excluding hydrogens is 359 g/mol. The molecule has 2 aromatic carbocycles. The van der Waals surface area contributed by atoms with Crippen molar-refractivity contribution in [3.63, 3.8) is 0 Å². The lowest BCUT2D eigenvalue weighted by Crippen LogP contribution is -2.45. The van der Waals surface area contributed by atoms with Crippen LogP contribution in [0.2, 0.25) is 13.1 Å². The van der Waals surface area contributed by atoms with Crippen LogP contribution in [0.5, 0.6) is 5.75 Å². The lowest BCUT2D eigenvalue weighted by atomic mass is 9.87. The highest BCUT2D eigenvalue weighted by Crippen LogP contribution is 2.27. The summed E-state index contributed by atoms with van der Waals surface area (Å²) >= 11 is 13.3. The van der Waals surface area contributed by atoms with E-state index in [9.17, 15) is 0 Å². The van der Waals surface area contributed by atoms with Gasteiger partial charge in [-0.15, -0.1) is 0 Å². The monoisotopic (exact) mass is 381 g/mol. The summed E-state index contributed by atoms with van der Waals surface area (Å²) in [6.45, 7) is 8.21. The molecule has 0 saturated carbocycles. The Morgan fingerprint density at radius 1 is 0.913 bits per heavy atom. The summed E-state index contributed by atoms with van der Waals surface area (Å²) in [6.07, 6.45) is 0. The quantitative estimate of drug-likeness (QED) is 0.553. The summed E-state index contributed by atoms with van der Waals surface area (Å²) in [6, 6.07) is 15.9. The second-order valence-corrected chi connectivity index (χ2v) is 15.0. The van der Waals surface area contributed by atoms with E-state index in [1.807, 2.05) is 42.5 Å². The van der Waals surface area contributed by atoms with Gasteiger partial charge in [0.15, 0.2) is 0 Å². The van der Waals surface area contributed by atoms with Crippen LogP contribution >= 0.6 is 22.2 Å². The second kappa shape index (κ2) is 7.02. The van der Waals surface area contributed by atoms with Crippen LogP contribution in [0.25, 0.3) is 0 Å². The van der Waals surface area contributed by atoms with E-state index < -0.39 is 15.7 Å². The molecule has 23 heavy (non-hydrogen) atoms. The molecule has 0 fully saturated rings. The number of rotatable bonds is 4. The third-order valence-corrected chi connectivity index (χ3v) is 8.45. The Labute approximate surface area is 151 Å². The van der Waals surface area contributed by atoms with Gasteiger partial charge in [0.25, 0.3) is 0 Å². The van der Waals surface area contributed by atoms with E-state index in [1.165, 1.54) is 10.8 Å². The molecule has 0 spiro atoms. The van der Waals surface area contributed by atoms with Crippen molar-refractivity contribution in [3.8, 4) is 5.75 Å². The summed E-state index contributed by atoms with van der Waals surface area (Å²) in [5.41, 5.74) is 1.38. The maximum Gasteiger partial charge on any atom is 0.484 e. The third-order valence-electron chi connectivity index (χ3n) is 3.68. The van der Waals surface area contributed by atoms with Gasteiger partial charge >= 0.3 is 6.94 Å². The topological polar surface area (TPSA) is 9.23 Å². The first-order valence-electron chi connectivity index (χ1n) is 7.69. The average molecular weight is 382 g/mol. The van der Waals surface area contributed by atoms with Crippen molar-refractivity contribution in [1.29, 1.82) is 0 Å². The fourth-order valence-corrected chi connectivity index (χ4v) is 6.71. The molecule has 0 aliphatic carbocycles. The van der Waals surface area contributed by atoms with Crippen LogP contribution < -0.4 is 14.8 Å². The van der Waals surface area contributed by atoms with Gasteiger partial charge < -0.3 is 4.43 Å². The zero-order valence-electron chi connectivity index (χ0n) is 14.3. The van der Waals surface area contributed by atoms with E-state index in [2.05, 4.69) is 39.9 Å². The molecule has 0 amide bonds. The molecule has 0 aromatic heterocycles. The SMILES string of the molecule is C[Si](C)c1c(O[Si](Cl)(Cl)c2ccccc2)cccc1C(C)(C)C. The van der Waals surface area contributed by atoms with Crippen LogP contribution in [0, 0.1) is 0 Å². The fourth-order valence-electron chi connectivity index (χ4n) is 2.59. The summed E-state index contributed by atoms with van der Waals surface area (Å²) in [7, 11) is -0.727. The Morgan fingerprint density at radius 3 is 2.04 bits per heavy atom. The van der Waals surface area contributed by atoms with Crippen LogP contribution in [0.15, 0.2) is 48.5 Å². The van der Waals surface area contributed by atoms with Gasteiger partial charge in [0.1, 0.15) is 5.75 Å². The Bertz CT molecular complexity index is 664. The summed E-state index contributed by atoms with van der Waals surface area (Å²) in [4.78, 5) is 0. The third kappa shape index (κ3) is 4.41. The van der Waals surface area contributed by atoms with Crippen molar-refractivity contribution in [2.45, 2.75) is 39.3 Å². The van der Waals surface area contributed by atoms with Crippen LogP contribution in [0.3, 0.4) is 0 Å². The predicted molar refractivity (Wildman–Crippen MR) is 106 cm³/mol. The largest absolute Gasteiger partial charge is 0.515 e. The molecule has 0 unspecified atom stereocenters. The molecule has 2 aromatic rings. The van der Waals surface area contributed by atoms with E-state index in [-0.39, 0.29) is 5.41 Å². The van der Waals surface area contributed by atoms with Gasteiger partial charge in [-0.1, -0.05) is 98.5 Å². The van der Waals surface area contributed by atoms with Crippen molar-refractivity contribution in [3.05, 3.63) is 54.1 Å². The fraction of sp³-hybridized carbons (Fsp3) is 0.333. The normalized spacial score (nSPS) is 12.5. The highest BCUT2D eigenvalue weighted by atomic mass is 35.7. The highest BCUT2D eigenvalue weighted by Gasteiger charge is 2.37. The van der Waals surface area contributed by atoms with Gasteiger partial charge in [0.05, 0.1) is 8.80 Å². The molecule has 0 bridgehead atoms. The molecule has 0 atom stereocenters. The zero-order valence-corrected chi connectivity index (χ0v) is 17.8. The summed E-state index contributed by atoms with van der Waals surface area (Å²) in [5.74, 6) is 0.844. The van der Waals surface area contributed by atoms with Crippen LogP contribution in [-0.2, 0) is 5.41 Å². The molecular formula is C18H23Cl2OSi2. The molecule has 1 radical (unpaired) electrons. The lowest BCUT2D eigenvalue weighted by molar-refractivity contribution is 0.573. The summed E-state index contributed by atoms with van der Waals surface area (Å²) < 4.78 is 6.21. The van der Waals surface area contributed by atoms with E-state index in [1.54, 1.807) is 0 Å². The zero-order chi connectivity index (χ0) is 17.3. The minimum absolute atomic E-state index is 0.0617. The maximum absolute atomic E-state index is 6.63. The summed E-state index contributed by atoms with van der Waals surface area (Å²) in [5, 5.41) is 2.16. The Hall–Kier alpha value is -0.746. The van der Waals surface area contributed by atoms with Crippen LogP contribution in [0.4, 0.5) is 0 Å². The van der Waals surface area contributed by atoms with Gasteiger partial charge in [-0.25, -0.2) is 0 Å². The lowest BCUT2D eigenvalue weighted by Gasteiger charge is -2.28. The minimum atomic E-state index is -3.02. The number of hydrogen-bond donors (Lipinski definition) is 0. The number of halogens is 2. The van der Waals surface area contributed by atoms with E-state index in [0.29, 0.717) is 0 Å². The van der Waals surface area contributed by atoms with Gasteiger partial charge in [-0.2, -0.15) is 0 Å². The molecule has 0 aliphatic heterocycles. The maximum atomic E-state index is 6.63. The first-order valence-corrected chi connectivity index (χ1v) is 14.1. The molecule has 2 rings (SSSR count). The number of benzene rings is 2. The van der Waals surface area contributed by atoms with Gasteiger partial charge in [0.2, 0.25) is 0 Å². The van der Waals surface area contributed by atoms with Crippen molar-refractivity contribution >= 4 is 48.3 Å². The standard InChI is InChI=1S/C18H23Cl2OSi2/c1-18(2,3)15-12-9-13-16(17(15)22(4)5)21-23(19,20)14-10-7-6-8-11-14/h6-13H,1-5H3. The average Bonchev–Trinajstić information content (AvgIpc) is 2.46. The first-order chi connectivity index (χ1) is 10.6.